The molecule has 0 saturated heterocycles. The molecule has 5 nitrogen and oxygen atoms in total. The van der Waals surface area contributed by atoms with E-state index < -0.39 is 22.7 Å². The Morgan fingerprint density at radius 1 is 0.875 bits per heavy atom. The Labute approximate surface area is 201 Å². The number of ether oxygens (including phenoxy) is 1. The zero-order chi connectivity index (χ0) is 25.5. The van der Waals surface area contributed by atoms with Crippen LogP contribution in [0.2, 0.25) is 36.3 Å². The van der Waals surface area contributed by atoms with Gasteiger partial charge in [-0.15, -0.1) is 0 Å². The second-order valence-electron chi connectivity index (χ2n) is 12.6. The first-order valence-corrected chi connectivity index (χ1v) is 18.2. The van der Waals surface area contributed by atoms with E-state index in [9.17, 15) is 9.90 Å². The van der Waals surface area contributed by atoms with Crippen molar-refractivity contribution in [2.75, 3.05) is 13.2 Å². The van der Waals surface area contributed by atoms with Crippen LogP contribution < -0.4 is 0 Å². The molecule has 0 aromatic heterocycles. The van der Waals surface area contributed by atoms with E-state index in [0.717, 1.165) is 12.8 Å². The van der Waals surface area contributed by atoms with Gasteiger partial charge in [0.05, 0.1) is 19.1 Å². The van der Waals surface area contributed by atoms with Crippen molar-refractivity contribution in [1.29, 1.82) is 0 Å². The second kappa shape index (κ2) is 12.5. The number of carbonyl (C=O) groups is 1. The molecule has 0 heterocycles. The van der Waals surface area contributed by atoms with Gasteiger partial charge in [0.1, 0.15) is 0 Å². The average Bonchev–Trinajstić information content (AvgIpc) is 2.60. The molecule has 1 N–H and O–H groups in total. The molecule has 4 atom stereocenters. The van der Waals surface area contributed by atoms with Crippen LogP contribution in [-0.2, 0) is 18.4 Å². The molecule has 0 bridgehead atoms. The van der Waals surface area contributed by atoms with Gasteiger partial charge in [0.15, 0.2) is 16.6 Å². The van der Waals surface area contributed by atoms with Gasteiger partial charge >= 0.3 is 5.97 Å². The van der Waals surface area contributed by atoms with Crippen LogP contribution in [0.15, 0.2) is 0 Å². The first-order chi connectivity index (χ1) is 14.2. The second-order valence-corrected chi connectivity index (χ2v) is 22.2. The highest BCUT2D eigenvalue weighted by molar-refractivity contribution is 6.74. The van der Waals surface area contributed by atoms with Gasteiger partial charge in [0.2, 0.25) is 0 Å². The fourth-order valence-corrected chi connectivity index (χ4v) is 5.46. The molecule has 0 aromatic rings. The van der Waals surface area contributed by atoms with E-state index in [1.54, 1.807) is 6.92 Å². The summed E-state index contributed by atoms with van der Waals surface area (Å²) in [5, 5.41) is 10.8. The summed E-state index contributed by atoms with van der Waals surface area (Å²) >= 11 is 0. The molecule has 0 fully saturated rings. The molecule has 0 aromatic carbocycles. The third kappa shape index (κ3) is 10.4. The van der Waals surface area contributed by atoms with Crippen molar-refractivity contribution in [3.8, 4) is 0 Å². The molecule has 0 aliphatic heterocycles. The van der Waals surface area contributed by atoms with Crippen LogP contribution >= 0.6 is 0 Å². The van der Waals surface area contributed by atoms with Crippen LogP contribution in [0.4, 0.5) is 0 Å². The molecule has 192 valence electrons. The largest absolute Gasteiger partial charge is 0.466 e. The minimum atomic E-state index is -1.96. The summed E-state index contributed by atoms with van der Waals surface area (Å²) in [7, 11) is -3.79. The lowest BCUT2D eigenvalue weighted by Crippen LogP contribution is -2.47. The monoisotopic (exact) mass is 490 g/mol. The Morgan fingerprint density at radius 3 is 1.81 bits per heavy atom. The summed E-state index contributed by atoms with van der Waals surface area (Å²) in [4.78, 5) is 11.7. The molecule has 0 radical (unpaired) electrons. The number of rotatable bonds is 13. The predicted molar refractivity (Wildman–Crippen MR) is 140 cm³/mol. The number of hydrogen-bond donors (Lipinski definition) is 1. The van der Waals surface area contributed by atoms with Gasteiger partial charge in [-0.3, -0.25) is 4.79 Å². The van der Waals surface area contributed by atoms with Crippen molar-refractivity contribution < 1.29 is 23.5 Å². The van der Waals surface area contributed by atoms with E-state index >= 15 is 0 Å². The molecule has 1 unspecified atom stereocenters. The van der Waals surface area contributed by atoms with Gasteiger partial charge in [-0.2, -0.15) is 0 Å². The number of hydrogen-bond acceptors (Lipinski definition) is 5. The zero-order valence-electron chi connectivity index (χ0n) is 23.4. The maximum Gasteiger partial charge on any atom is 0.308 e. The lowest BCUT2D eigenvalue weighted by atomic mass is 9.92. The minimum absolute atomic E-state index is 0.00145. The molecule has 0 aliphatic carbocycles. The molecule has 0 spiro atoms. The van der Waals surface area contributed by atoms with Gasteiger partial charge < -0.3 is 18.7 Å². The Kier molecular flexibility index (Phi) is 12.4. The van der Waals surface area contributed by atoms with Gasteiger partial charge in [-0.25, -0.2) is 0 Å². The summed E-state index contributed by atoms with van der Waals surface area (Å²) in [5.74, 6) is -0.0804. The Balaban J connectivity index is 5.30. The van der Waals surface area contributed by atoms with E-state index in [1.807, 2.05) is 6.92 Å². The van der Waals surface area contributed by atoms with Crippen LogP contribution in [0.3, 0.4) is 0 Å². The molecule has 32 heavy (non-hydrogen) atoms. The van der Waals surface area contributed by atoms with E-state index in [2.05, 4.69) is 74.7 Å². The Bertz CT molecular complexity index is 564. The van der Waals surface area contributed by atoms with Crippen molar-refractivity contribution in [3.05, 3.63) is 0 Å². The van der Waals surface area contributed by atoms with Crippen molar-refractivity contribution in [2.45, 2.75) is 130 Å². The maximum atomic E-state index is 11.7. The first-order valence-electron chi connectivity index (χ1n) is 12.4. The topological polar surface area (TPSA) is 65.0 Å². The lowest BCUT2D eigenvalue weighted by Gasteiger charge is -2.42. The normalized spacial score (nSPS) is 17.6. The fraction of sp³-hybridized carbons (Fsp3) is 0.960. The first kappa shape index (κ1) is 31.8. The summed E-state index contributed by atoms with van der Waals surface area (Å²) < 4.78 is 18.4. The third-order valence-electron chi connectivity index (χ3n) is 7.64. The molecule has 0 rings (SSSR count). The van der Waals surface area contributed by atoms with Gasteiger partial charge in [0.25, 0.3) is 0 Å². The molecule has 7 heteroatoms. The molecular weight excluding hydrogens is 436 g/mol. The highest BCUT2D eigenvalue weighted by Gasteiger charge is 2.41. The van der Waals surface area contributed by atoms with Crippen molar-refractivity contribution >= 4 is 22.6 Å². The minimum Gasteiger partial charge on any atom is -0.466 e. The van der Waals surface area contributed by atoms with E-state index in [1.165, 1.54) is 0 Å². The standard InChI is InChI=1S/C25H54O5Si2/c1-14-28-23(27)17-21(26)19(2)15-16-22(30-32(12,13)25(7,8)9)20(3)18-29-31(10,11)24(4,5)6/h19-22,26H,14-18H2,1-13H3/t19-,20+,21?,22+/m1/s1. The summed E-state index contributed by atoms with van der Waals surface area (Å²) in [6.45, 7) is 29.8. The van der Waals surface area contributed by atoms with Crippen LogP contribution in [0, 0.1) is 11.8 Å². The highest BCUT2D eigenvalue weighted by Crippen LogP contribution is 2.40. The SMILES string of the molecule is CCOC(=O)CC(O)[C@H](C)CC[C@H](O[Si](C)(C)C(C)(C)C)[C@@H](C)CO[Si](C)(C)C(C)(C)C. The number of aliphatic hydroxyl groups is 1. The van der Waals surface area contributed by atoms with Crippen LogP contribution in [0.5, 0.6) is 0 Å². The summed E-state index contributed by atoms with van der Waals surface area (Å²) in [5.41, 5.74) is 0. The summed E-state index contributed by atoms with van der Waals surface area (Å²) in [6.07, 6.45) is 1.06. The molecule has 0 aliphatic rings. The Morgan fingerprint density at radius 2 is 1.38 bits per heavy atom. The van der Waals surface area contributed by atoms with Gasteiger partial charge in [-0.05, 0) is 61.9 Å². The number of aliphatic hydroxyl groups excluding tert-OH is 1. The van der Waals surface area contributed by atoms with Crippen LogP contribution in [0.25, 0.3) is 0 Å². The highest BCUT2D eigenvalue weighted by atomic mass is 28.4. The third-order valence-corrected chi connectivity index (χ3v) is 16.6. The predicted octanol–water partition coefficient (Wildman–Crippen LogP) is 6.77. The van der Waals surface area contributed by atoms with Crippen LogP contribution in [0.1, 0.15) is 81.6 Å². The average molecular weight is 491 g/mol. The zero-order valence-corrected chi connectivity index (χ0v) is 25.4. The van der Waals surface area contributed by atoms with E-state index in [4.69, 9.17) is 13.6 Å². The fourth-order valence-electron chi connectivity index (χ4n) is 2.89. The van der Waals surface area contributed by atoms with Crippen molar-refractivity contribution in [1.82, 2.24) is 0 Å². The molecule has 0 amide bonds. The Hall–Kier alpha value is -0.216. The lowest BCUT2D eigenvalue weighted by molar-refractivity contribution is -0.146. The van der Waals surface area contributed by atoms with E-state index in [0.29, 0.717) is 13.2 Å². The van der Waals surface area contributed by atoms with Gasteiger partial charge in [0, 0.05) is 18.6 Å². The number of esters is 1. The van der Waals surface area contributed by atoms with Crippen molar-refractivity contribution in [2.24, 2.45) is 11.8 Å². The maximum absolute atomic E-state index is 11.7. The van der Waals surface area contributed by atoms with E-state index in [-0.39, 0.29) is 40.4 Å². The molecule has 0 saturated carbocycles. The summed E-state index contributed by atoms with van der Waals surface area (Å²) in [6, 6.07) is 0. The smallest absolute Gasteiger partial charge is 0.308 e. The van der Waals surface area contributed by atoms with Gasteiger partial charge in [-0.1, -0.05) is 55.4 Å². The van der Waals surface area contributed by atoms with Crippen LogP contribution in [-0.4, -0.2) is 53.1 Å². The number of carbonyl (C=O) groups excluding carboxylic acids is 1. The quantitative estimate of drug-likeness (QED) is 0.228. The molecular formula is C25H54O5Si2. The van der Waals surface area contributed by atoms with Crippen molar-refractivity contribution in [3.63, 3.8) is 0 Å².